The van der Waals surface area contributed by atoms with Gasteiger partial charge in [0.1, 0.15) is 11.6 Å². The first-order valence-electron chi connectivity index (χ1n) is 8.33. The molecule has 0 saturated carbocycles. The molecule has 7 heteroatoms. The summed E-state index contributed by atoms with van der Waals surface area (Å²) in [7, 11) is 1.58. The molecule has 2 aliphatic rings. The molecule has 1 saturated heterocycles. The maximum absolute atomic E-state index is 13.0. The van der Waals surface area contributed by atoms with E-state index in [-0.39, 0.29) is 24.3 Å². The molecule has 1 fully saturated rings. The maximum atomic E-state index is 13.0. The number of amides is 3. The number of benzene rings is 2. The highest BCUT2D eigenvalue weighted by atomic mass is 19.1. The second-order valence-corrected chi connectivity index (χ2v) is 6.56. The number of carbonyl (C=O) groups is 2. The van der Waals surface area contributed by atoms with E-state index in [9.17, 15) is 14.0 Å². The molecule has 3 amide bonds. The molecule has 0 bridgehead atoms. The van der Waals surface area contributed by atoms with E-state index < -0.39 is 5.41 Å². The molecule has 26 heavy (non-hydrogen) atoms. The summed E-state index contributed by atoms with van der Waals surface area (Å²) in [4.78, 5) is 26.8. The van der Waals surface area contributed by atoms with Crippen molar-refractivity contribution in [1.82, 2.24) is 4.90 Å². The van der Waals surface area contributed by atoms with Crippen LogP contribution in [-0.2, 0) is 10.2 Å². The summed E-state index contributed by atoms with van der Waals surface area (Å²) >= 11 is 0. The first kappa shape index (κ1) is 16.4. The van der Waals surface area contributed by atoms with Gasteiger partial charge in [0.15, 0.2) is 0 Å². The average molecular weight is 355 g/mol. The number of halogens is 1. The van der Waals surface area contributed by atoms with Gasteiger partial charge in [-0.3, -0.25) is 4.79 Å². The van der Waals surface area contributed by atoms with E-state index >= 15 is 0 Å². The number of likely N-dealkylation sites (tertiary alicyclic amines) is 1. The Hall–Kier alpha value is -3.09. The minimum Gasteiger partial charge on any atom is -0.497 e. The molecule has 4 rings (SSSR count). The van der Waals surface area contributed by atoms with Gasteiger partial charge in [-0.1, -0.05) is 0 Å². The Morgan fingerprint density at radius 2 is 2.04 bits per heavy atom. The average Bonchev–Trinajstić information content (AvgIpc) is 3.20. The van der Waals surface area contributed by atoms with Crippen molar-refractivity contribution >= 4 is 23.3 Å². The summed E-state index contributed by atoms with van der Waals surface area (Å²) in [5.41, 5.74) is 1.37. The summed E-state index contributed by atoms with van der Waals surface area (Å²) < 4.78 is 18.3. The number of fused-ring (bicyclic) bond motifs is 2. The van der Waals surface area contributed by atoms with E-state index in [1.54, 1.807) is 18.1 Å². The van der Waals surface area contributed by atoms with E-state index in [0.29, 0.717) is 24.4 Å². The second-order valence-electron chi connectivity index (χ2n) is 6.56. The van der Waals surface area contributed by atoms with Crippen LogP contribution in [0.1, 0.15) is 12.0 Å². The summed E-state index contributed by atoms with van der Waals surface area (Å²) in [6, 6.07) is 10.7. The van der Waals surface area contributed by atoms with Crippen LogP contribution in [0.15, 0.2) is 42.5 Å². The molecule has 0 aliphatic carbocycles. The minimum absolute atomic E-state index is 0.0992. The Labute approximate surface area is 149 Å². The van der Waals surface area contributed by atoms with E-state index in [2.05, 4.69) is 10.6 Å². The Morgan fingerprint density at radius 1 is 1.27 bits per heavy atom. The number of ether oxygens (including phenoxy) is 1. The van der Waals surface area contributed by atoms with Crippen LogP contribution >= 0.6 is 0 Å². The van der Waals surface area contributed by atoms with Crippen LogP contribution in [-0.4, -0.2) is 37.0 Å². The number of rotatable bonds is 2. The van der Waals surface area contributed by atoms with Crippen LogP contribution in [0.2, 0.25) is 0 Å². The summed E-state index contributed by atoms with van der Waals surface area (Å²) in [5, 5.41) is 5.65. The zero-order chi connectivity index (χ0) is 18.3. The van der Waals surface area contributed by atoms with E-state index in [4.69, 9.17) is 4.74 Å². The smallest absolute Gasteiger partial charge is 0.321 e. The summed E-state index contributed by atoms with van der Waals surface area (Å²) in [6.45, 7) is 0.739. The second kappa shape index (κ2) is 6.01. The lowest BCUT2D eigenvalue weighted by molar-refractivity contribution is -0.120. The molecular formula is C19H18FN3O3. The van der Waals surface area contributed by atoms with Gasteiger partial charge in [0.05, 0.1) is 12.5 Å². The van der Waals surface area contributed by atoms with Crippen LogP contribution in [0, 0.1) is 5.82 Å². The third kappa shape index (κ3) is 2.56. The lowest BCUT2D eigenvalue weighted by atomic mass is 9.81. The summed E-state index contributed by atoms with van der Waals surface area (Å²) in [5.74, 6) is 0.211. The zero-order valence-corrected chi connectivity index (χ0v) is 14.2. The largest absolute Gasteiger partial charge is 0.497 e. The molecule has 2 N–H and O–H groups in total. The predicted molar refractivity (Wildman–Crippen MR) is 94.9 cm³/mol. The van der Waals surface area contributed by atoms with Crippen molar-refractivity contribution in [2.45, 2.75) is 11.8 Å². The maximum Gasteiger partial charge on any atom is 0.321 e. The van der Waals surface area contributed by atoms with Gasteiger partial charge in [0.2, 0.25) is 5.91 Å². The first-order valence-corrected chi connectivity index (χ1v) is 8.33. The van der Waals surface area contributed by atoms with Gasteiger partial charge in [-0.25, -0.2) is 9.18 Å². The molecular weight excluding hydrogens is 337 g/mol. The van der Waals surface area contributed by atoms with Crippen LogP contribution in [0.25, 0.3) is 0 Å². The molecule has 6 nitrogen and oxygen atoms in total. The zero-order valence-electron chi connectivity index (χ0n) is 14.2. The molecule has 1 spiro atoms. The normalized spacial score (nSPS) is 20.8. The van der Waals surface area contributed by atoms with E-state index in [0.717, 1.165) is 11.3 Å². The highest BCUT2D eigenvalue weighted by Crippen LogP contribution is 2.45. The Balaban J connectivity index is 1.55. The molecule has 2 aromatic carbocycles. The molecule has 0 radical (unpaired) electrons. The van der Waals surface area contributed by atoms with Gasteiger partial charge in [0.25, 0.3) is 0 Å². The van der Waals surface area contributed by atoms with Crippen molar-refractivity contribution in [2.24, 2.45) is 0 Å². The van der Waals surface area contributed by atoms with Crippen LogP contribution in [0.3, 0.4) is 0 Å². The van der Waals surface area contributed by atoms with Gasteiger partial charge in [-0.05, 0) is 54.4 Å². The van der Waals surface area contributed by atoms with Gasteiger partial charge in [0, 0.05) is 24.5 Å². The Kier molecular flexibility index (Phi) is 3.79. The number of hydrogen-bond donors (Lipinski definition) is 2. The Morgan fingerprint density at radius 3 is 2.77 bits per heavy atom. The van der Waals surface area contributed by atoms with Gasteiger partial charge in [-0.2, -0.15) is 0 Å². The SMILES string of the molecule is COc1ccc2c(c1)[C@]1(CCN(C(=O)Nc3ccc(F)cc3)C1)C(=O)N2. The highest BCUT2D eigenvalue weighted by Gasteiger charge is 2.52. The minimum atomic E-state index is -0.760. The van der Waals surface area contributed by atoms with E-state index in [1.165, 1.54) is 24.3 Å². The topological polar surface area (TPSA) is 70.7 Å². The molecule has 1 atom stereocenters. The standard InChI is InChI=1S/C19H18FN3O3/c1-26-14-6-7-16-15(10-14)19(17(24)22-16)8-9-23(11-19)18(25)21-13-4-2-12(20)3-5-13/h2-7,10H,8-9,11H2,1H3,(H,21,25)(H,22,24)/t19-/m1/s1. The van der Waals surface area contributed by atoms with Crippen molar-refractivity contribution in [3.8, 4) is 5.75 Å². The molecule has 2 aliphatic heterocycles. The number of carbonyl (C=O) groups excluding carboxylic acids is 2. The molecule has 2 heterocycles. The number of nitrogens with one attached hydrogen (secondary N) is 2. The quantitative estimate of drug-likeness (QED) is 0.870. The van der Waals surface area contributed by atoms with Crippen molar-refractivity contribution in [2.75, 3.05) is 30.8 Å². The number of methoxy groups -OCH3 is 1. The molecule has 0 aromatic heterocycles. The number of urea groups is 1. The molecule has 134 valence electrons. The third-order valence-corrected chi connectivity index (χ3v) is 5.08. The van der Waals surface area contributed by atoms with Crippen molar-refractivity contribution in [3.05, 3.63) is 53.8 Å². The lowest BCUT2D eigenvalue weighted by Crippen LogP contribution is -2.40. The van der Waals surface area contributed by atoms with Crippen molar-refractivity contribution < 1.29 is 18.7 Å². The summed E-state index contributed by atoms with van der Waals surface area (Å²) in [6.07, 6.45) is 0.538. The van der Waals surface area contributed by atoms with Crippen molar-refractivity contribution in [1.29, 1.82) is 0 Å². The lowest BCUT2D eigenvalue weighted by Gasteiger charge is -2.23. The number of anilines is 2. The fourth-order valence-corrected chi connectivity index (χ4v) is 3.64. The third-order valence-electron chi connectivity index (χ3n) is 5.08. The van der Waals surface area contributed by atoms with Gasteiger partial charge >= 0.3 is 6.03 Å². The Bertz CT molecular complexity index is 884. The van der Waals surface area contributed by atoms with E-state index in [1.807, 2.05) is 12.1 Å². The fraction of sp³-hybridized carbons (Fsp3) is 0.263. The molecule has 0 unspecified atom stereocenters. The number of hydrogen-bond acceptors (Lipinski definition) is 3. The van der Waals surface area contributed by atoms with Crippen molar-refractivity contribution in [3.63, 3.8) is 0 Å². The van der Waals surface area contributed by atoms with Crippen LogP contribution in [0.4, 0.5) is 20.6 Å². The van der Waals surface area contributed by atoms with Crippen LogP contribution < -0.4 is 15.4 Å². The van der Waals surface area contributed by atoms with Crippen LogP contribution in [0.5, 0.6) is 5.75 Å². The fourth-order valence-electron chi connectivity index (χ4n) is 3.64. The van der Waals surface area contributed by atoms with Gasteiger partial charge < -0.3 is 20.3 Å². The monoisotopic (exact) mass is 355 g/mol. The van der Waals surface area contributed by atoms with Gasteiger partial charge in [-0.15, -0.1) is 0 Å². The molecule has 2 aromatic rings. The highest BCUT2D eigenvalue weighted by molar-refractivity contribution is 6.07. The predicted octanol–water partition coefficient (Wildman–Crippen LogP) is 2.96. The first-order chi connectivity index (χ1) is 12.5. The number of nitrogens with zero attached hydrogens (tertiary/aromatic N) is 1.